The van der Waals surface area contributed by atoms with Gasteiger partial charge in [0.25, 0.3) is 0 Å². The highest BCUT2D eigenvalue weighted by atomic mass is 14.7. The van der Waals surface area contributed by atoms with E-state index < -0.39 is 0 Å². The van der Waals surface area contributed by atoms with Crippen molar-refractivity contribution in [2.75, 3.05) is 0 Å². The van der Waals surface area contributed by atoms with Crippen LogP contribution >= 0.6 is 0 Å². The van der Waals surface area contributed by atoms with E-state index in [0.717, 1.165) is 18.8 Å². The molecule has 0 aromatic heterocycles. The molecular formula is C11H21N. The average molecular weight is 167 g/mol. The summed E-state index contributed by atoms with van der Waals surface area (Å²) in [7, 11) is 0. The van der Waals surface area contributed by atoms with Gasteiger partial charge in [-0.25, -0.2) is 0 Å². The van der Waals surface area contributed by atoms with Crippen LogP contribution < -0.4 is 5.73 Å². The Balaban J connectivity index is 2.76. The summed E-state index contributed by atoms with van der Waals surface area (Å²) in [5.41, 5.74) is 6.49. The molecule has 1 rings (SSSR count). The van der Waals surface area contributed by atoms with Crippen molar-refractivity contribution < 1.29 is 0 Å². The lowest BCUT2D eigenvalue weighted by Crippen LogP contribution is -2.47. The number of hydrogen-bond acceptors (Lipinski definition) is 1. The van der Waals surface area contributed by atoms with Crippen LogP contribution in [0.15, 0.2) is 12.7 Å². The molecule has 2 N–H and O–H groups in total. The molecule has 0 spiro atoms. The second-order valence-corrected chi connectivity index (χ2v) is 5.29. The second kappa shape index (κ2) is 2.88. The summed E-state index contributed by atoms with van der Waals surface area (Å²) in [6, 6.07) is 0. The predicted octanol–water partition coefficient (Wildman–Crippen LogP) is 2.72. The van der Waals surface area contributed by atoms with Crippen LogP contribution in [0.2, 0.25) is 0 Å². The normalized spacial score (nSPS) is 40.8. The lowest BCUT2D eigenvalue weighted by Gasteiger charge is -2.44. The molecule has 1 aliphatic carbocycles. The average Bonchev–Trinajstić information content (AvgIpc) is 1.82. The predicted molar refractivity (Wildman–Crippen MR) is 53.9 cm³/mol. The van der Waals surface area contributed by atoms with E-state index in [1.54, 1.807) is 0 Å². The first-order chi connectivity index (χ1) is 5.37. The lowest BCUT2D eigenvalue weighted by molar-refractivity contribution is 0.135. The largest absolute Gasteiger partial charge is 0.322 e. The third-order valence-electron chi connectivity index (χ3n) is 2.84. The minimum atomic E-state index is -0.110. The van der Waals surface area contributed by atoms with Crippen molar-refractivity contribution in [1.29, 1.82) is 0 Å². The van der Waals surface area contributed by atoms with Crippen molar-refractivity contribution in [2.24, 2.45) is 17.1 Å². The molecule has 1 fully saturated rings. The van der Waals surface area contributed by atoms with Gasteiger partial charge in [0.2, 0.25) is 0 Å². The van der Waals surface area contributed by atoms with Crippen LogP contribution in [0, 0.1) is 11.3 Å². The topological polar surface area (TPSA) is 26.0 Å². The van der Waals surface area contributed by atoms with Gasteiger partial charge in [-0.1, -0.05) is 26.8 Å². The zero-order valence-electron chi connectivity index (χ0n) is 8.56. The van der Waals surface area contributed by atoms with Gasteiger partial charge in [0.1, 0.15) is 0 Å². The van der Waals surface area contributed by atoms with E-state index in [4.69, 9.17) is 5.73 Å². The first-order valence-corrected chi connectivity index (χ1v) is 4.79. The molecule has 0 bridgehead atoms. The van der Waals surface area contributed by atoms with E-state index in [1.165, 1.54) is 6.42 Å². The van der Waals surface area contributed by atoms with Crippen molar-refractivity contribution in [3.05, 3.63) is 12.7 Å². The maximum Gasteiger partial charge on any atom is 0.0344 e. The van der Waals surface area contributed by atoms with Crippen LogP contribution in [0.25, 0.3) is 0 Å². The van der Waals surface area contributed by atoms with Crippen LogP contribution in [0.4, 0.5) is 0 Å². The van der Waals surface area contributed by atoms with Gasteiger partial charge >= 0.3 is 0 Å². The molecule has 12 heavy (non-hydrogen) atoms. The quantitative estimate of drug-likeness (QED) is 0.597. The molecule has 1 heteroatoms. The van der Waals surface area contributed by atoms with Gasteiger partial charge in [0.05, 0.1) is 0 Å². The molecule has 0 heterocycles. The summed E-state index contributed by atoms with van der Waals surface area (Å²) in [4.78, 5) is 0. The van der Waals surface area contributed by atoms with Crippen LogP contribution in [0.1, 0.15) is 40.0 Å². The highest BCUT2D eigenvalue weighted by molar-refractivity contribution is 5.06. The van der Waals surface area contributed by atoms with Gasteiger partial charge in [-0.05, 0) is 30.6 Å². The Morgan fingerprint density at radius 1 is 1.42 bits per heavy atom. The minimum absolute atomic E-state index is 0.110. The zero-order chi connectivity index (χ0) is 9.41. The Bertz CT molecular complexity index is 183. The van der Waals surface area contributed by atoms with Gasteiger partial charge in [0.15, 0.2) is 0 Å². The Hall–Kier alpha value is -0.300. The summed E-state index contributed by atoms with van der Waals surface area (Å²) in [6.07, 6.45) is 5.40. The molecular weight excluding hydrogens is 146 g/mol. The smallest absolute Gasteiger partial charge is 0.0344 e. The molecule has 1 saturated carbocycles. The molecule has 1 nitrogen and oxygen atoms in total. The standard InChI is InChI=1S/C11H21N/c1-5-11(12)7-9(2)6-10(3,4)8-11/h5,9H,1,6-8,12H2,2-4H3/t9-,11-/m1/s1. The van der Waals surface area contributed by atoms with E-state index >= 15 is 0 Å². The Morgan fingerprint density at radius 2 is 2.00 bits per heavy atom. The SMILES string of the molecule is C=C[C@@]1(N)C[C@H](C)CC(C)(C)C1. The molecule has 0 unspecified atom stereocenters. The minimum Gasteiger partial charge on any atom is -0.322 e. The molecule has 70 valence electrons. The van der Waals surface area contributed by atoms with E-state index in [9.17, 15) is 0 Å². The summed E-state index contributed by atoms with van der Waals surface area (Å²) in [6.45, 7) is 10.7. The molecule has 1 aliphatic rings. The van der Waals surface area contributed by atoms with Crippen LogP contribution in [0.5, 0.6) is 0 Å². The first-order valence-electron chi connectivity index (χ1n) is 4.79. The maximum atomic E-state index is 6.21. The van der Waals surface area contributed by atoms with Crippen LogP contribution in [-0.2, 0) is 0 Å². The zero-order valence-corrected chi connectivity index (χ0v) is 8.56. The van der Waals surface area contributed by atoms with E-state index in [1.807, 2.05) is 6.08 Å². The second-order valence-electron chi connectivity index (χ2n) is 5.29. The molecule has 0 aromatic carbocycles. The highest BCUT2D eigenvalue weighted by Crippen LogP contribution is 2.42. The Labute approximate surface area is 76.0 Å². The van der Waals surface area contributed by atoms with Crippen LogP contribution in [0.3, 0.4) is 0 Å². The van der Waals surface area contributed by atoms with Crippen molar-refractivity contribution in [1.82, 2.24) is 0 Å². The van der Waals surface area contributed by atoms with Crippen molar-refractivity contribution in [3.8, 4) is 0 Å². The molecule has 0 saturated heterocycles. The van der Waals surface area contributed by atoms with Gasteiger partial charge in [0, 0.05) is 5.54 Å². The van der Waals surface area contributed by atoms with E-state index in [-0.39, 0.29) is 5.54 Å². The fourth-order valence-electron chi connectivity index (χ4n) is 2.86. The van der Waals surface area contributed by atoms with Gasteiger partial charge in [-0.15, -0.1) is 6.58 Å². The maximum absolute atomic E-state index is 6.21. The Morgan fingerprint density at radius 3 is 2.42 bits per heavy atom. The number of nitrogens with two attached hydrogens (primary N) is 1. The van der Waals surface area contributed by atoms with Crippen molar-refractivity contribution >= 4 is 0 Å². The Kier molecular flexibility index (Phi) is 2.35. The van der Waals surface area contributed by atoms with Crippen LogP contribution in [-0.4, -0.2) is 5.54 Å². The fraction of sp³-hybridized carbons (Fsp3) is 0.818. The monoisotopic (exact) mass is 167 g/mol. The summed E-state index contributed by atoms with van der Waals surface area (Å²) < 4.78 is 0. The third-order valence-corrected chi connectivity index (χ3v) is 2.84. The molecule has 2 atom stereocenters. The first kappa shape index (κ1) is 9.79. The van der Waals surface area contributed by atoms with Gasteiger partial charge in [-0.2, -0.15) is 0 Å². The fourth-order valence-corrected chi connectivity index (χ4v) is 2.86. The third kappa shape index (κ3) is 2.10. The summed E-state index contributed by atoms with van der Waals surface area (Å²) >= 11 is 0. The summed E-state index contributed by atoms with van der Waals surface area (Å²) in [5.74, 6) is 0.733. The van der Waals surface area contributed by atoms with Crippen molar-refractivity contribution in [2.45, 2.75) is 45.6 Å². The van der Waals surface area contributed by atoms with Gasteiger partial charge in [-0.3, -0.25) is 0 Å². The number of rotatable bonds is 1. The van der Waals surface area contributed by atoms with E-state index in [2.05, 4.69) is 27.4 Å². The van der Waals surface area contributed by atoms with Gasteiger partial charge < -0.3 is 5.73 Å². The lowest BCUT2D eigenvalue weighted by atomic mass is 9.65. The molecule has 0 radical (unpaired) electrons. The van der Waals surface area contributed by atoms with Crippen molar-refractivity contribution in [3.63, 3.8) is 0 Å². The molecule has 0 aliphatic heterocycles. The molecule has 0 aromatic rings. The number of hydrogen-bond donors (Lipinski definition) is 1. The summed E-state index contributed by atoms with van der Waals surface area (Å²) in [5, 5.41) is 0. The highest BCUT2D eigenvalue weighted by Gasteiger charge is 2.38. The molecule has 0 amide bonds. The van der Waals surface area contributed by atoms with E-state index in [0.29, 0.717) is 5.41 Å².